The van der Waals surface area contributed by atoms with E-state index in [1.54, 1.807) is 6.07 Å². The number of alkyl halides is 3. The van der Waals surface area contributed by atoms with Crippen LogP contribution in [0.25, 0.3) is 22.4 Å². The highest BCUT2D eigenvalue weighted by atomic mass is 35.5. The molecule has 3 N–H and O–H groups in total. The van der Waals surface area contributed by atoms with Crippen molar-refractivity contribution >= 4 is 85.2 Å². The monoisotopic (exact) mass is 980 g/mol. The summed E-state index contributed by atoms with van der Waals surface area (Å²) in [5, 5.41) is 3.48. The summed E-state index contributed by atoms with van der Waals surface area (Å²) in [6.45, 7) is 9.19. The van der Waals surface area contributed by atoms with Crippen LogP contribution in [0.15, 0.2) is 136 Å². The molecule has 6 aromatic rings. The van der Waals surface area contributed by atoms with Crippen molar-refractivity contribution in [1.29, 1.82) is 0 Å². The Kier molecular flexibility index (Phi) is 15.3. The number of hydrogen-bond donors (Lipinski definition) is 3. The van der Waals surface area contributed by atoms with Crippen molar-refractivity contribution in [1.82, 2.24) is 9.29 Å². The first kappa shape index (κ1) is 48.0. The fraction of sp³-hybridized carbons (Fsp3) is 0.255. The van der Waals surface area contributed by atoms with Gasteiger partial charge in [-0.05, 0) is 123 Å². The van der Waals surface area contributed by atoms with E-state index < -0.39 is 37.5 Å². The zero-order valence-corrected chi connectivity index (χ0v) is 40.0. The number of benzene rings is 5. The van der Waals surface area contributed by atoms with E-state index in [1.807, 2.05) is 97.9 Å². The van der Waals surface area contributed by atoms with Crippen LogP contribution in [0.1, 0.15) is 35.9 Å². The van der Waals surface area contributed by atoms with Gasteiger partial charge in [0.25, 0.3) is 15.7 Å². The average molecular weight is 982 g/mol. The lowest BCUT2D eigenvalue weighted by Crippen LogP contribution is -2.46. The molecule has 2 heterocycles. The molecule has 18 heteroatoms. The summed E-state index contributed by atoms with van der Waals surface area (Å²) in [5.41, 5.74) is 1.70. The summed E-state index contributed by atoms with van der Waals surface area (Å²) in [6.07, 6.45) is 1.44. The second-order valence-electron chi connectivity index (χ2n) is 15.5. The molecule has 65 heavy (non-hydrogen) atoms. The van der Waals surface area contributed by atoms with Crippen LogP contribution in [0.3, 0.4) is 0 Å². The fourth-order valence-electron chi connectivity index (χ4n) is 7.85. The molecule has 0 aliphatic carbocycles. The van der Waals surface area contributed by atoms with Gasteiger partial charge < -0.3 is 29.0 Å². The van der Waals surface area contributed by atoms with E-state index in [9.17, 15) is 30.9 Å². The number of piperazine rings is 1. The topological polar surface area (TPSA) is 122 Å². The van der Waals surface area contributed by atoms with Crippen molar-refractivity contribution in [3.05, 3.63) is 138 Å². The number of sulfone groups is 1. The Morgan fingerprint density at radius 1 is 0.831 bits per heavy atom. The molecule has 1 amide bonds. The summed E-state index contributed by atoms with van der Waals surface area (Å²) < 4.78 is 86.8. The summed E-state index contributed by atoms with van der Waals surface area (Å²) in [5.74, 6) is 0.104. The van der Waals surface area contributed by atoms with Crippen molar-refractivity contribution in [2.75, 3.05) is 64.6 Å². The molecule has 1 fully saturated rings. The Hall–Kier alpha value is -4.91. The number of thioether (sulfide) groups is 1. The fourth-order valence-corrected chi connectivity index (χ4v) is 10.9. The van der Waals surface area contributed by atoms with Crippen LogP contribution in [-0.2, 0) is 21.2 Å². The van der Waals surface area contributed by atoms with E-state index in [0.717, 1.165) is 88.5 Å². The maximum Gasteiger partial charge on any atom is 0.501 e. The Balaban J connectivity index is 1.03. The first-order valence-electron chi connectivity index (χ1n) is 20.7. The molecule has 1 aliphatic rings. The minimum Gasteiger partial charge on any atom is -0.593 e. The first-order chi connectivity index (χ1) is 31.0. The van der Waals surface area contributed by atoms with E-state index in [0.29, 0.717) is 26.9 Å². The third-order valence-electron chi connectivity index (χ3n) is 10.8. The van der Waals surface area contributed by atoms with Gasteiger partial charge in [0.15, 0.2) is 0 Å². The zero-order chi connectivity index (χ0) is 46.5. The molecule has 1 saturated heterocycles. The van der Waals surface area contributed by atoms with Gasteiger partial charge in [0, 0.05) is 87.7 Å². The summed E-state index contributed by atoms with van der Waals surface area (Å²) in [6, 6.07) is 36.9. The molecule has 5 aromatic carbocycles. The van der Waals surface area contributed by atoms with Gasteiger partial charge in [0.1, 0.15) is 11.2 Å². The van der Waals surface area contributed by atoms with Crippen molar-refractivity contribution < 1.29 is 30.9 Å². The Morgan fingerprint density at radius 2 is 1.49 bits per heavy atom. The number of rotatable bonds is 16. The molecule has 0 saturated carbocycles. The first-order valence-corrected chi connectivity index (χ1v) is 25.9. The van der Waals surface area contributed by atoms with Gasteiger partial charge in [0.05, 0.1) is 28.3 Å². The highest BCUT2D eigenvalue weighted by Crippen LogP contribution is 2.43. The number of carbonyl (C=O) groups is 1. The number of halogens is 4. The maximum atomic E-state index is 13.8. The van der Waals surface area contributed by atoms with Gasteiger partial charge in [-0.3, -0.25) is 4.79 Å². The van der Waals surface area contributed by atoms with Gasteiger partial charge in [0.2, 0.25) is 0 Å². The normalized spacial score (nSPS) is 13.8. The molecule has 1 atom stereocenters. The van der Waals surface area contributed by atoms with Gasteiger partial charge in [-0.2, -0.15) is 17.9 Å². The lowest BCUT2D eigenvalue weighted by Gasteiger charge is -2.37. The summed E-state index contributed by atoms with van der Waals surface area (Å²) >= 11 is 7.25. The lowest BCUT2D eigenvalue weighted by atomic mass is 9.96. The van der Waals surface area contributed by atoms with Crippen molar-refractivity contribution in [3.63, 3.8) is 0 Å². The Bertz CT molecular complexity index is 2710. The molecule has 1 aromatic heterocycles. The molecule has 0 spiro atoms. The smallest absolute Gasteiger partial charge is 0.501 e. The number of hydrogen-bond acceptors (Lipinski definition) is 10. The van der Waals surface area contributed by atoms with E-state index in [-0.39, 0.29) is 18.3 Å². The summed E-state index contributed by atoms with van der Waals surface area (Å²) in [4.78, 5) is 18.8. The maximum absolute atomic E-state index is 13.8. The molecule has 1 aliphatic heterocycles. The molecule has 1 unspecified atom stereocenters. The zero-order valence-electron chi connectivity index (χ0n) is 36.0. The highest BCUT2D eigenvalue weighted by Gasteiger charge is 2.48. The Morgan fingerprint density at radius 3 is 2.12 bits per heavy atom. The van der Waals surface area contributed by atoms with Crippen LogP contribution in [-0.4, -0.2) is 73.7 Å². The molecule has 10 nitrogen and oxygen atoms in total. The predicted octanol–water partition coefficient (Wildman–Crippen LogP) is 11.3. The van der Waals surface area contributed by atoms with Crippen molar-refractivity contribution in [2.45, 2.75) is 47.0 Å². The van der Waals surface area contributed by atoms with Crippen LogP contribution in [0.4, 0.5) is 35.9 Å². The number of nitrogens with one attached hydrogen (secondary N) is 3. The van der Waals surface area contributed by atoms with E-state index in [2.05, 4.69) is 55.1 Å². The van der Waals surface area contributed by atoms with E-state index in [1.165, 1.54) is 24.1 Å². The number of anilines is 4. The van der Waals surface area contributed by atoms with Crippen LogP contribution in [0, 0.1) is 6.92 Å². The van der Waals surface area contributed by atoms with Gasteiger partial charge in [-0.25, -0.2) is 8.42 Å². The molecular weight excluding hydrogens is 933 g/mol. The minimum absolute atomic E-state index is 0.00862. The molecule has 0 radical (unpaired) electrons. The van der Waals surface area contributed by atoms with Crippen LogP contribution >= 0.6 is 35.3 Å². The number of nitrogens with zero attached hydrogens (tertiary/aromatic N) is 3. The Labute approximate surface area is 394 Å². The number of carbonyl (C=O) groups excluding carboxylic acids is 1. The van der Waals surface area contributed by atoms with Crippen molar-refractivity contribution in [2.24, 2.45) is 0 Å². The number of aromatic nitrogens is 1. The predicted molar refractivity (Wildman–Crippen MR) is 263 cm³/mol. The second kappa shape index (κ2) is 20.7. The quantitative estimate of drug-likeness (QED) is 0.0374. The van der Waals surface area contributed by atoms with E-state index >= 15 is 0 Å². The largest absolute Gasteiger partial charge is 0.593 e. The van der Waals surface area contributed by atoms with Crippen molar-refractivity contribution in [3.8, 4) is 22.4 Å². The third-order valence-corrected chi connectivity index (χ3v) is 14.9. The van der Waals surface area contributed by atoms with Crippen LogP contribution < -0.4 is 24.6 Å². The van der Waals surface area contributed by atoms with Crippen LogP contribution in [0.2, 0.25) is 5.02 Å². The number of amides is 1. The standard InChI is InChI=1S/C47H48ClF3N6O4S4/c1-31(2)57-32(3)43(46(58)54-64(4)59)44(45(57)33-13-15-35(48)16-14-33)34-9-8-10-38(29-34)56-26-24-55(25-27-56)37-19-17-36(18-20-37)53-63-40-21-22-41(42(30-40)65(60,61)47(49,50)51)52-23-28-62-39-11-6-5-7-12-39/h5-22,29-31,52-53H,23-28H2,1-4H3,(H,54,58). The second-order valence-corrected chi connectivity index (χ2v) is 21.0. The third kappa shape index (κ3) is 11.2. The molecule has 0 bridgehead atoms. The average Bonchev–Trinajstić information content (AvgIpc) is 3.60. The summed E-state index contributed by atoms with van der Waals surface area (Å²) in [7, 11) is -5.63. The molecule has 342 valence electrons. The van der Waals surface area contributed by atoms with Gasteiger partial charge in [-0.1, -0.05) is 54.1 Å². The van der Waals surface area contributed by atoms with Gasteiger partial charge >= 0.3 is 5.51 Å². The molecular formula is C47H48ClF3N6O4S4. The SMILES string of the molecule is Cc1c(C(=O)N[S+](C)[O-])c(-c2cccc(N3CCN(c4ccc(NSc5ccc(NCCSc6ccccc6)c(S(=O)(=O)C(F)(F)F)c5)cc4)CC3)c2)c(-c2ccc(Cl)cc2)n1C(C)C. The lowest BCUT2D eigenvalue weighted by molar-refractivity contribution is -0.0435. The molecule has 7 rings (SSSR count). The van der Waals surface area contributed by atoms with Gasteiger partial charge in [-0.15, -0.1) is 11.8 Å². The van der Waals surface area contributed by atoms with E-state index in [4.69, 9.17) is 11.6 Å². The van der Waals surface area contributed by atoms with Crippen LogP contribution in [0.5, 0.6) is 0 Å². The highest BCUT2D eigenvalue weighted by molar-refractivity contribution is 8.00. The minimum atomic E-state index is -5.63.